The number of halogens is 2. The number of hydrogen-bond donors (Lipinski definition) is 0. The van der Waals surface area contributed by atoms with E-state index in [1.165, 1.54) is 89.9 Å². The van der Waals surface area contributed by atoms with Gasteiger partial charge in [-0.1, -0.05) is 104 Å². The topological polar surface area (TPSA) is 0 Å². The first-order valence-corrected chi connectivity index (χ1v) is 18.1. The van der Waals surface area contributed by atoms with Crippen molar-refractivity contribution in [3.63, 3.8) is 0 Å². The summed E-state index contributed by atoms with van der Waals surface area (Å²) in [6, 6.07) is 9.45. The van der Waals surface area contributed by atoms with E-state index in [4.69, 9.17) is 17.0 Å². The van der Waals surface area contributed by atoms with Gasteiger partial charge in [0.15, 0.2) is 0 Å². The van der Waals surface area contributed by atoms with Crippen molar-refractivity contribution in [3.8, 4) is 0 Å². The van der Waals surface area contributed by atoms with Crippen LogP contribution in [-0.4, -0.2) is 0 Å². The van der Waals surface area contributed by atoms with Crippen LogP contribution in [0.5, 0.6) is 0 Å². The Morgan fingerprint density at radius 1 is 0.724 bits per heavy atom. The summed E-state index contributed by atoms with van der Waals surface area (Å²) < 4.78 is 0. The number of hydrogen-bond acceptors (Lipinski definition) is 0. The second-order valence-corrected chi connectivity index (χ2v) is 12.1. The van der Waals surface area contributed by atoms with Gasteiger partial charge in [0.25, 0.3) is 0 Å². The standard InChI is InChI=1S/2C13H19.2ClH.Zr/c2*1-2-3-6-11-9-10-12-7-4-5-8-13(11)12;;;/h2*9-10H,2-8H2,1H3;2*1H;/q2*-1;;;+4/p-2. The van der Waals surface area contributed by atoms with Crippen molar-refractivity contribution >= 4 is 17.0 Å². The molecule has 160 valence electrons. The third kappa shape index (κ3) is 8.31. The van der Waals surface area contributed by atoms with Crippen LogP contribution >= 0.6 is 17.0 Å². The first kappa shape index (κ1) is 25.4. The Labute approximate surface area is 198 Å². The van der Waals surface area contributed by atoms with E-state index < -0.39 is 20.8 Å². The maximum absolute atomic E-state index is 4.93. The molecule has 0 aromatic heterocycles. The van der Waals surface area contributed by atoms with E-state index in [-0.39, 0.29) is 0 Å². The molecule has 0 aliphatic heterocycles. The summed E-state index contributed by atoms with van der Waals surface area (Å²) in [7, 11) is 9.87. The molecule has 0 fully saturated rings. The molecule has 0 saturated heterocycles. The molecule has 0 atom stereocenters. The normalized spacial score (nSPS) is 14.5. The fraction of sp³-hybridized carbons (Fsp3) is 0.615. The van der Waals surface area contributed by atoms with Crippen molar-refractivity contribution in [1.29, 1.82) is 0 Å². The summed E-state index contributed by atoms with van der Waals surface area (Å²) in [6.45, 7) is 4.55. The van der Waals surface area contributed by atoms with Gasteiger partial charge in [-0.15, -0.1) is 0 Å². The summed E-state index contributed by atoms with van der Waals surface area (Å²) in [5, 5.41) is 0. The monoisotopic (exact) mass is 510 g/mol. The average Bonchev–Trinajstić information content (AvgIpc) is 3.36. The van der Waals surface area contributed by atoms with Crippen LogP contribution in [0.2, 0.25) is 0 Å². The molecule has 2 aromatic carbocycles. The van der Waals surface area contributed by atoms with Crippen LogP contribution in [0.3, 0.4) is 0 Å². The number of unbranched alkanes of at least 4 members (excludes halogenated alkanes) is 2. The Hall–Kier alpha value is 0.163. The first-order chi connectivity index (χ1) is 14.2. The third-order valence-electron chi connectivity index (χ3n) is 6.37. The Morgan fingerprint density at radius 2 is 1.10 bits per heavy atom. The molecular weight excluding hydrogens is 474 g/mol. The molecule has 4 rings (SSSR count). The van der Waals surface area contributed by atoms with Crippen molar-refractivity contribution in [2.24, 2.45) is 0 Å². The molecule has 0 saturated carbocycles. The summed E-state index contributed by atoms with van der Waals surface area (Å²) >= 11 is -0.826. The fourth-order valence-corrected chi connectivity index (χ4v) is 4.77. The van der Waals surface area contributed by atoms with Gasteiger partial charge in [0.2, 0.25) is 0 Å². The zero-order chi connectivity index (χ0) is 20.9. The van der Waals surface area contributed by atoms with Gasteiger partial charge in [0.05, 0.1) is 0 Å². The predicted octanol–water partition coefficient (Wildman–Crippen LogP) is 8.63. The van der Waals surface area contributed by atoms with Crippen LogP contribution in [0.25, 0.3) is 0 Å². The molecule has 0 heterocycles. The van der Waals surface area contributed by atoms with Crippen molar-refractivity contribution in [2.45, 2.75) is 104 Å². The zero-order valence-corrected chi connectivity index (χ0v) is 22.4. The minimum absolute atomic E-state index is 0.826. The van der Waals surface area contributed by atoms with Crippen molar-refractivity contribution in [2.75, 3.05) is 0 Å². The van der Waals surface area contributed by atoms with Gasteiger partial charge in [0.1, 0.15) is 0 Å². The fourth-order valence-electron chi connectivity index (χ4n) is 4.77. The van der Waals surface area contributed by atoms with Gasteiger partial charge < -0.3 is 0 Å². The van der Waals surface area contributed by atoms with Gasteiger partial charge in [-0.2, -0.15) is 57.6 Å². The van der Waals surface area contributed by atoms with Gasteiger partial charge >= 0.3 is 37.9 Å². The van der Waals surface area contributed by atoms with E-state index in [2.05, 4.69) is 38.1 Å². The van der Waals surface area contributed by atoms with Crippen LogP contribution in [0.4, 0.5) is 0 Å². The van der Waals surface area contributed by atoms with Crippen molar-refractivity contribution in [3.05, 3.63) is 57.6 Å². The molecule has 0 unspecified atom stereocenters. The Morgan fingerprint density at radius 3 is 1.48 bits per heavy atom. The van der Waals surface area contributed by atoms with E-state index >= 15 is 0 Å². The van der Waals surface area contributed by atoms with Crippen molar-refractivity contribution in [1.82, 2.24) is 0 Å². The van der Waals surface area contributed by atoms with Crippen LogP contribution in [0.15, 0.2) is 24.3 Å². The molecule has 0 spiro atoms. The predicted molar refractivity (Wildman–Crippen MR) is 126 cm³/mol. The first-order valence-electron chi connectivity index (χ1n) is 11.7. The number of rotatable bonds is 6. The summed E-state index contributed by atoms with van der Waals surface area (Å²) in [5.74, 6) is 0. The van der Waals surface area contributed by atoms with E-state index in [0.717, 1.165) is 0 Å². The molecule has 2 aromatic rings. The van der Waals surface area contributed by atoms with Gasteiger partial charge in [-0.05, 0) is 0 Å². The summed E-state index contributed by atoms with van der Waals surface area (Å²) in [6.07, 6.45) is 19.0. The van der Waals surface area contributed by atoms with Crippen LogP contribution in [0, 0.1) is 0 Å². The van der Waals surface area contributed by atoms with Gasteiger partial charge in [-0.3, -0.25) is 0 Å². The molecule has 0 N–H and O–H groups in total. The van der Waals surface area contributed by atoms with Crippen LogP contribution in [-0.2, 0) is 59.4 Å². The second kappa shape index (κ2) is 15.0. The van der Waals surface area contributed by atoms with Gasteiger partial charge in [0, 0.05) is 0 Å². The molecule has 0 amide bonds. The summed E-state index contributed by atoms with van der Waals surface area (Å²) in [4.78, 5) is 0. The van der Waals surface area contributed by atoms with E-state index in [9.17, 15) is 0 Å². The van der Waals surface area contributed by atoms with E-state index in [1.54, 1.807) is 33.4 Å². The van der Waals surface area contributed by atoms with Crippen molar-refractivity contribution < 1.29 is 20.8 Å². The second-order valence-electron chi connectivity index (χ2n) is 8.42. The van der Waals surface area contributed by atoms with E-state index in [0.29, 0.717) is 0 Å². The molecule has 2 aliphatic rings. The molecular formula is C26H38Cl2Zr. The molecule has 3 heteroatoms. The Balaban J connectivity index is 0.000000183. The number of aryl methyl sites for hydroxylation is 4. The molecule has 0 nitrogen and oxygen atoms in total. The maximum atomic E-state index is 4.93. The quantitative estimate of drug-likeness (QED) is 0.340. The van der Waals surface area contributed by atoms with Gasteiger partial charge in [-0.25, -0.2) is 0 Å². The molecule has 2 aliphatic carbocycles. The Kier molecular flexibility index (Phi) is 13.2. The molecule has 29 heavy (non-hydrogen) atoms. The molecule has 0 bridgehead atoms. The SMILES string of the molecule is CCCCc1c[cH-]c2c1CCCC2.CCCCc1c[cH-]c2c1CCCC2.[Cl][Zr+2][Cl]. The van der Waals surface area contributed by atoms with Crippen LogP contribution in [0.1, 0.15) is 98.6 Å². The van der Waals surface area contributed by atoms with E-state index in [1.807, 2.05) is 0 Å². The zero-order valence-electron chi connectivity index (χ0n) is 18.5. The summed E-state index contributed by atoms with van der Waals surface area (Å²) in [5.41, 5.74) is 10.0. The minimum atomic E-state index is -0.826. The Bertz CT molecular complexity index is 625. The average molecular weight is 513 g/mol. The molecule has 0 radical (unpaired) electrons. The van der Waals surface area contributed by atoms with Crippen LogP contribution < -0.4 is 0 Å². The number of fused-ring (bicyclic) bond motifs is 2. The third-order valence-corrected chi connectivity index (χ3v) is 6.37.